The van der Waals surface area contributed by atoms with Crippen molar-refractivity contribution in [1.29, 1.82) is 0 Å². The van der Waals surface area contributed by atoms with Crippen molar-refractivity contribution < 1.29 is 4.74 Å². The molecule has 0 aliphatic rings. The monoisotopic (exact) mass is 308 g/mol. The van der Waals surface area contributed by atoms with Crippen LogP contribution in [-0.2, 0) is 0 Å². The van der Waals surface area contributed by atoms with Crippen molar-refractivity contribution in [3.8, 4) is 5.75 Å². The molecule has 2 aromatic heterocycles. The van der Waals surface area contributed by atoms with E-state index in [1.807, 2.05) is 6.20 Å². The molecular formula is C8H6ClIN2O. The van der Waals surface area contributed by atoms with Gasteiger partial charge in [-0.1, -0.05) is 11.6 Å². The third-order valence-electron chi connectivity index (χ3n) is 1.75. The highest BCUT2D eigenvalue weighted by atomic mass is 127. The zero-order valence-corrected chi connectivity index (χ0v) is 9.68. The molecular weight excluding hydrogens is 302 g/mol. The normalized spacial score (nSPS) is 10.7. The number of nitrogens with one attached hydrogen (secondary N) is 1. The van der Waals surface area contributed by atoms with E-state index in [2.05, 4.69) is 32.6 Å². The van der Waals surface area contributed by atoms with E-state index in [1.54, 1.807) is 13.2 Å². The van der Waals surface area contributed by atoms with Gasteiger partial charge in [0.15, 0.2) is 0 Å². The molecule has 0 radical (unpaired) electrons. The maximum absolute atomic E-state index is 5.80. The van der Waals surface area contributed by atoms with Gasteiger partial charge in [-0.05, 0) is 22.6 Å². The number of pyridine rings is 1. The summed E-state index contributed by atoms with van der Waals surface area (Å²) in [5.74, 6) is 0.751. The van der Waals surface area contributed by atoms with Crippen molar-refractivity contribution in [3.05, 3.63) is 21.0 Å². The summed E-state index contributed by atoms with van der Waals surface area (Å²) < 4.78 is 6.28. The number of fused-ring (bicyclic) bond motifs is 1. The Bertz CT molecular complexity index is 455. The van der Waals surface area contributed by atoms with Crippen LogP contribution in [0.4, 0.5) is 0 Å². The summed E-state index contributed by atoms with van der Waals surface area (Å²) in [4.78, 5) is 7.15. The van der Waals surface area contributed by atoms with Crippen molar-refractivity contribution in [2.24, 2.45) is 0 Å². The van der Waals surface area contributed by atoms with Crippen LogP contribution in [0.5, 0.6) is 5.75 Å². The van der Waals surface area contributed by atoms with Crippen LogP contribution in [0.3, 0.4) is 0 Å². The summed E-state index contributed by atoms with van der Waals surface area (Å²) in [6, 6.07) is 1.71. The highest BCUT2D eigenvalue weighted by Gasteiger charge is 2.09. The fourth-order valence-electron chi connectivity index (χ4n) is 1.19. The summed E-state index contributed by atoms with van der Waals surface area (Å²) in [6.07, 6.45) is 1.87. The molecule has 2 rings (SSSR count). The lowest BCUT2D eigenvalue weighted by Crippen LogP contribution is -1.87. The molecule has 68 valence electrons. The van der Waals surface area contributed by atoms with Gasteiger partial charge in [0.05, 0.1) is 12.5 Å². The van der Waals surface area contributed by atoms with E-state index in [9.17, 15) is 0 Å². The molecule has 0 amide bonds. The molecule has 0 unspecified atom stereocenters. The minimum absolute atomic E-state index is 0.433. The van der Waals surface area contributed by atoms with E-state index < -0.39 is 0 Å². The number of methoxy groups -OCH3 is 1. The van der Waals surface area contributed by atoms with E-state index in [0.717, 1.165) is 20.4 Å². The van der Waals surface area contributed by atoms with Crippen molar-refractivity contribution in [1.82, 2.24) is 9.97 Å². The summed E-state index contributed by atoms with van der Waals surface area (Å²) in [6.45, 7) is 0. The highest BCUT2D eigenvalue weighted by Crippen LogP contribution is 2.30. The van der Waals surface area contributed by atoms with Crippen molar-refractivity contribution in [3.63, 3.8) is 0 Å². The molecule has 0 bridgehead atoms. The number of aromatic amines is 1. The van der Waals surface area contributed by atoms with Crippen LogP contribution >= 0.6 is 34.2 Å². The maximum atomic E-state index is 5.80. The average Bonchev–Trinajstić information content (AvgIpc) is 2.46. The Hall–Kier alpha value is -0.490. The second kappa shape index (κ2) is 3.34. The SMILES string of the molecule is COc1cc(Cl)nc2[nH]cc(I)c12. The van der Waals surface area contributed by atoms with Gasteiger partial charge < -0.3 is 9.72 Å². The number of halogens is 2. The lowest BCUT2D eigenvalue weighted by atomic mass is 10.3. The van der Waals surface area contributed by atoms with E-state index in [1.165, 1.54) is 0 Å². The number of aromatic nitrogens is 2. The van der Waals surface area contributed by atoms with Crippen molar-refractivity contribution in [2.75, 3.05) is 7.11 Å². The van der Waals surface area contributed by atoms with E-state index in [0.29, 0.717) is 5.15 Å². The molecule has 1 N–H and O–H groups in total. The van der Waals surface area contributed by atoms with Gasteiger partial charge in [-0.15, -0.1) is 0 Å². The van der Waals surface area contributed by atoms with E-state index in [4.69, 9.17) is 16.3 Å². The number of ether oxygens (including phenoxy) is 1. The Labute approximate surface area is 93.6 Å². The first-order valence-electron chi connectivity index (χ1n) is 3.59. The predicted octanol–water partition coefficient (Wildman–Crippen LogP) is 2.83. The van der Waals surface area contributed by atoms with Crippen LogP contribution in [0.15, 0.2) is 12.3 Å². The molecule has 0 spiro atoms. The lowest BCUT2D eigenvalue weighted by molar-refractivity contribution is 0.419. The number of rotatable bonds is 1. The fraction of sp³-hybridized carbons (Fsp3) is 0.125. The Morgan fingerprint density at radius 2 is 2.38 bits per heavy atom. The van der Waals surface area contributed by atoms with Gasteiger partial charge >= 0.3 is 0 Å². The molecule has 0 aliphatic carbocycles. The Morgan fingerprint density at radius 3 is 3.08 bits per heavy atom. The average molecular weight is 309 g/mol. The summed E-state index contributed by atoms with van der Waals surface area (Å²) in [5, 5.41) is 1.41. The Kier molecular flexibility index (Phi) is 2.33. The van der Waals surface area contributed by atoms with Crippen LogP contribution in [0.1, 0.15) is 0 Å². The zero-order chi connectivity index (χ0) is 9.42. The molecule has 0 atom stereocenters. The van der Waals surface area contributed by atoms with Gasteiger partial charge in [0.2, 0.25) is 0 Å². The molecule has 0 fully saturated rings. The Balaban J connectivity index is 2.85. The molecule has 0 saturated heterocycles. The van der Waals surface area contributed by atoms with Gasteiger partial charge in [0, 0.05) is 15.8 Å². The van der Waals surface area contributed by atoms with E-state index in [-0.39, 0.29) is 0 Å². The van der Waals surface area contributed by atoms with Crippen molar-refractivity contribution in [2.45, 2.75) is 0 Å². The van der Waals surface area contributed by atoms with Gasteiger partial charge in [0.25, 0.3) is 0 Å². The topological polar surface area (TPSA) is 37.9 Å². The molecule has 0 aromatic carbocycles. The predicted molar refractivity (Wildman–Crippen MR) is 60.4 cm³/mol. The minimum Gasteiger partial charge on any atom is -0.496 e. The molecule has 0 aliphatic heterocycles. The van der Waals surface area contributed by atoms with Crippen LogP contribution < -0.4 is 4.74 Å². The van der Waals surface area contributed by atoms with Crippen LogP contribution in [0, 0.1) is 3.57 Å². The van der Waals surface area contributed by atoms with Gasteiger partial charge in [-0.3, -0.25) is 0 Å². The summed E-state index contributed by atoms with van der Waals surface area (Å²) >= 11 is 8.02. The number of hydrogen-bond acceptors (Lipinski definition) is 2. The fourth-order valence-corrected chi connectivity index (χ4v) is 2.05. The van der Waals surface area contributed by atoms with Crippen LogP contribution in [0.2, 0.25) is 5.15 Å². The first-order valence-corrected chi connectivity index (χ1v) is 5.05. The first-order chi connectivity index (χ1) is 6.22. The number of nitrogens with zero attached hydrogens (tertiary/aromatic N) is 1. The molecule has 2 aromatic rings. The standard InChI is InChI=1S/C8H6ClIN2O/c1-13-5-2-6(9)12-8-7(5)4(10)3-11-8/h2-3H,1H3,(H,11,12). The third kappa shape index (κ3) is 1.48. The second-order valence-corrected chi connectivity index (χ2v) is 4.06. The third-order valence-corrected chi connectivity index (χ3v) is 2.79. The molecule has 0 saturated carbocycles. The maximum Gasteiger partial charge on any atom is 0.143 e. The van der Waals surface area contributed by atoms with Gasteiger partial charge in [0.1, 0.15) is 16.5 Å². The smallest absolute Gasteiger partial charge is 0.143 e. The van der Waals surface area contributed by atoms with Crippen LogP contribution in [0.25, 0.3) is 11.0 Å². The van der Waals surface area contributed by atoms with Crippen LogP contribution in [-0.4, -0.2) is 17.1 Å². The summed E-state index contributed by atoms with van der Waals surface area (Å²) in [7, 11) is 1.62. The van der Waals surface area contributed by atoms with Crippen molar-refractivity contribution >= 4 is 45.2 Å². The second-order valence-electron chi connectivity index (χ2n) is 2.51. The highest BCUT2D eigenvalue weighted by molar-refractivity contribution is 14.1. The first kappa shape index (κ1) is 9.08. The van der Waals surface area contributed by atoms with Gasteiger partial charge in [-0.2, -0.15) is 0 Å². The number of H-pyrrole nitrogens is 1. The Morgan fingerprint density at radius 1 is 1.62 bits per heavy atom. The molecule has 5 heteroatoms. The van der Waals surface area contributed by atoms with Gasteiger partial charge in [-0.25, -0.2) is 4.98 Å². The number of hydrogen-bond donors (Lipinski definition) is 1. The molecule has 3 nitrogen and oxygen atoms in total. The van der Waals surface area contributed by atoms with E-state index >= 15 is 0 Å². The quantitative estimate of drug-likeness (QED) is 0.650. The molecule has 13 heavy (non-hydrogen) atoms. The largest absolute Gasteiger partial charge is 0.496 e. The summed E-state index contributed by atoms with van der Waals surface area (Å²) in [5.41, 5.74) is 0.758. The lowest BCUT2D eigenvalue weighted by Gasteiger charge is -2.01. The minimum atomic E-state index is 0.433. The molecule has 2 heterocycles. The zero-order valence-electron chi connectivity index (χ0n) is 6.77.